The van der Waals surface area contributed by atoms with Crippen LogP contribution in [0.4, 0.5) is 26.3 Å². The first-order valence-corrected chi connectivity index (χ1v) is 9.55. The van der Waals surface area contributed by atoms with Crippen molar-refractivity contribution in [2.24, 2.45) is 0 Å². The molecular formula is C22H14F6N4O. The zero-order valence-corrected chi connectivity index (χ0v) is 16.6. The number of alkyl halides is 6. The Morgan fingerprint density at radius 2 is 1.70 bits per heavy atom. The number of fused-ring (bicyclic) bond motifs is 1. The van der Waals surface area contributed by atoms with E-state index in [2.05, 4.69) is 19.9 Å². The number of hydrogen-bond donors (Lipinski definition) is 1. The third-order valence-electron chi connectivity index (χ3n) is 5.16. The molecule has 0 aliphatic heterocycles. The van der Waals surface area contributed by atoms with Crippen LogP contribution in [0.1, 0.15) is 45.1 Å². The fraction of sp³-hybridized carbons (Fsp3) is 0.182. The van der Waals surface area contributed by atoms with Crippen molar-refractivity contribution in [2.75, 3.05) is 0 Å². The van der Waals surface area contributed by atoms with E-state index in [4.69, 9.17) is 0 Å². The van der Waals surface area contributed by atoms with Crippen LogP contribution in [0.15, 0.2) is 61.3 Å². The van der Waals surface area contributed by atoms with Gasteiger partial charge in [-0.15, -0.1) is 0 Å². The van der Waals surface area contributed by atoms with Crippen molar-refractivity contribution in [3.05, 3.63) is 89.3 Å². The molecule has 0 spiro atoms. The van der Waals surface area contributed by atoms with Gasteiger partial charge in [0.1, 0.15) is 12.0 Å². The standard InChI is InChI=1S/C22H14F6N4O/c23-21(24,25)13-5-3-12(4-6-13)14(19-17(22(26,27)28)2-1-7-30-19)8-18(33)15-10-31-20-16(15)9-29-11-32-20/h1-7,9-11,14H,8H2,(H,29,31,32)/t14-/m0/s1. The average Bonchev–Trinajstić information content (AvgIpc) is 3.21. The van der Waals surface area contributed by atoms with E-state index in [0.29, 0.717) is 11.0 Å². The van der Waals surface area contributed by atoms with Crippen molar-refractivity contribution < 1.29 is 31.1 Å². The van der Waals surface area contributed by atoms with Gasteiger partial charge in [-0.2, -0.15) is 26.3 Å². The highest BCUT2D eigenvalue weighted by Gasteiger charge is 2.37. The Labute approximate surface area is 182 Å². The zero-order chi connectivity index (χ0) is 23.8. The van der Waals surface area contributed by atoms with Crippen LogP contribution in [0, 0.1) is 0 Å². The molecule has 1 N–H and O–H groups in total. The van der Waals surface area contributed by atoms with Crippen LogP contribution in [-0.2, 0) is 12.4 Å². The van der Waals surface area contributed by atoms with E-state index >= 15 is 0 Å². The summed E-state index contributed by atoms with van der Waals surface area (Å²) < 4.78 is 79.9. The van der Waals surface area contributed by atoms with Gasteiger partial charge in [-0.25, -0.2) is 9.97 Å². The van der Waals surface area contributed by atoms with Crippen LogP contribution < -0.4 is 0 Å². The van der Waals surface area contributed by atoms with Crippen molar-refractivity contribution in [2.45, 2.75) is 24.7 Å². The van der Waals surface area contributed by atoms with Gasteiger partial charge in [0, 0.05) is 41.9 Å². The molecule has 0 amide bonds. The lowest BCUT2D eigenvalue weighted by atomic mass is 9.86. The van der Waals surface area contributed by atoms with Gasteiger partial charge in [0.25, 0.3) is 0 Å². The fourth-order valence-corrected chi connectivity index (χ4v) is 3.60. The summed E-state index contributed by atoms with van der Waals surface area (Å²) in [6.07, 6.45) is -4.68. The summed E-state index contributed by atoms with van der Waals surface area (Å²) in [4.78, 5) is 27.6. The lowest BCUT2D eigenvalue weighted by Crippen LogP contribution is -2.17. The molecule has 5 nitrogen and oxygen atoms in total. The van der Waals surface area contributed by atoms with Crippen molar-refractivity contribution in [1.29, 1.82) is 0 Å². The Balaban J connectivity index is 1.79. The van der Waals surface area contributed by atoms with E-state index in [0.717, 1.165) is 42.6 Å². The van der Waals surface area contributed by atoms with E-state index in [1.807, 2.05) is 0 Å². The zero-order valence-electron chi connectivity index (χ0n) is 16.6. The highest BCUT2D eigenvalue weighted by molar-refractivity contribution is 6.07. The Morgan fingerprint density at radius 1 is 0.970 bits per heavy atom. The maximum atomic E-state index is 13.7. The number of benzene rings is 1. The number of aromatic nitrogens is 4. The number of aromatic amines is 1. The molecule has 170 valence electrons. The summed E-state index contributed by atoms with van der Waals surface area (Å²) in [7, 11) is 0. The molecule has 0 radical (unpaired) electrons. The molecule has 0 fully saturated rings. The number of carbonyl (C=O) groups is 1. The van der Waals surface area contributed by atoms with Gasteiger partial charge in [0.15, 0.2) is 5.78 Å². The molecule has 0 aliphatic rings. The smallest absolute Gasteiger partial charge is 0.345 e. The molecule has 33 heavy (non-hydrogen) atoms. The van der Waals surface area contributed by atoms with Crippen molar-refractivity contribution in [3.63, 3.8) is 0 Å². The van der Waals surface area contributed by atoms with E-state index in [1.165, 1.54) is 18.7 Å². The first-order chi connectivity index (χ1) is 15.6. The van der Waals surface area contributed by atoms with Crippen molar-refractivity contribution in [1.82, 2.24) is 19.9 Å². The molecule has 0 bridgehead atoms. The maximum Gasteiger partial charge on any atom is 0.418 e. The van der Waals surface area contributed by atoms with Crippen LogP contribution in [-0.4, -0.2) is 25.7 Å². The number of hydrogen-bond acceptors (Lipinski definition) is 4. The molecule has 0 saturated carbocycles. The monoisotopic (exact) mass is 464 g/mol. The molecular weight excluding hydrogens is 450 g/mol. The molecule has 0 unspecified atom stereocenters. The second-order valence-corrected chi connectivity index (χ2v) is 7.22. The Kier molecular flexibility index (Phi) is 5.64. The summed E-state index contributed by atoms with van der Waals surface area (Å²) in [5.41, 5.74) is -1.85. The predicted molar refractivity (Wildman–Crippen MR) is 105 cm³/mol. The van der Waals surface area contributed by atoms with Gasteiger partial charge in [-0.05, 0) is 29.8 Å². The molecule has 11 heteroatoms. The number of carbonyl (C=O) groups excluding carboxylic acids is 1. The normalized spacial score (nSPS) is 13.3. The summed E-state index contributed by atoms with van der Waals surface area (Å²) in [5, 5.41) is 0.380. The van der Waals surface area contributed by atoms with Gasteiger partial charge >= 0.3 is 12.4 Å². The van der Waals surface area contributed by atoms with Crippen LogP contribution in [0.5, 0.6) is 0 Å². The van der Waals surface area contributed by atoms with Gasteiger partial charge in [0.2, 0.25) is 0 Å². The van der Waals surface area contributed by atoms with Crippen LogP contribution in [0.25, 0.3) is 11.0 Å². The van der Waals surface area contributed by atoms with E-state index in [1.54, 1.807) is 0 Å². The SMILES string of the molecule is O=C(C[C@@H](c1ccc(C(F)(F)F)cc1)c1ncccc1C(F)(F)F)c1c[nH]c2ncncc12. The minimum atomic E-state index is -4.77. The van der Waals surface area contributed by atoms with Crippen LogP contribution in [0.3, 0.4) is 0 Å². The molecule has 0 aliphatic carbocycles. The van der Waals surface area contributed by atoms with Crippen LogP contribution in [0.2, 0.25) is 0 Å². The summed E-state index contributed by atoms with van der Waals surface area (Å²) in [6.45, 7) is 0. The van der Waals surface area contributed by atoms with Gasteiger partial charge in [-0.3, -0.25) is 9.78 Å². The average molecular weight is 464 g/mol. The maximum absolute atomic E-state index is 13.7. The highest BCUT2D eigenvalue weighted by atomic mass is 19.4. The molecule has 1 atom stereocenters. The van der Waals surface area contributed by atoms with E-state index in [-0.39, 0.29) is 11.1 Å². The third kappa shape index (κ3) is 4.57. The number of nitrogens with zero attached hydrogens (tertiary/aromatic N) is 3. The summed E-state index contributed by atoms with van der Waals surface area (Å²) >= 11 is 0. The van der Waals surface area contributed by atoms with Crippen LogP contribution >= 0.6 is 0 Å². The number of ketones is 1. The van der Waals surface area contributed by atoms with Gasteiger partial charge < -0.3 is 4.98 Å². The molecule has 1 aromatic carbocycles. The first kappa shape index (κ1) is 22.4. The predicted octanol–water partition coefficient (Wildman–Crippen LogP) is 5.80. The molecule has 3 heterocycles. The van der Waals surface area contributed by atoms with Crippen molar-refractivity contribution >= 4 is 16.8 Å². The molecule has 0 saturated heterocycles. The lowest BCUT2D eigenvalue weighted by Gasteiger charge is -2.21. The largest absolute Gasteiger partial charge is 0.418 e. The number of Topliss-reactive ketones (excluding diaryl/α,β-unsaturated/α-hetero) is 1. The number of halogens is 6. The summed E-state index contributed by atoms with van der Waals surface area (Å²) in [6, 6.07) is 5.59. The first-order valence-electron chi connectivity index (χ1n) is 9.55. The molecule has 4 rings (SSSR count). The van der Waals surface area contributed by atoms with E-state index in [9.17, 15) is 31.1 Å². The second kappa shape index (κ2) is 8.30. The number of rotatable bonds is 5. The highest BCUT2D eigenvalue weighted by Crippen LogP contribution is 2.39. The molecule has 4 aromatic rings. The van der Waals surface area contributed by atoms with Gasteiger partial charge in [0.05, 0.1) is 16.8 Å². The second-order valence-electron chi connectivity index (χ2n) is 7.22. The lowest BCUT2D eigenvalue weighted by molar-refractivity contribution is -0.139. The van der Waals surface area contributed by atoms with Gasteiger partial charge in [-0.1, -0.05) is 12.1 Å². The Hall–Kier alpha value is -3.76. The molecule has 3 aromatic heterocycles. The number of H-pyrrole nitrogens is 1. The summed E-state index contributed by atoms with van der Waals surface area (Å²) in [5.74, 6) is -1.79. The Bertz CT molecular complexity index is 1290. The Morgan fingerprint density at radius 3 is 2.36 bits per heavy atom. The topological polar surface area (TPSA) is 71.5 Å². The minimum Gasteiger partial charge on any atom is -0.345 e. The third-order valence-corrected chi connectivity index (χ3v) is 5.16. The quantitative estimate of drug-likeness (QED) is 0.300. The number of pyridine rings is 1. The number of nitrogens with one attached hydrogen (secondary N) is 1. The fourth-order valence-electron chi connectivity index (χ4n) is 3.60. The van der Waals surface area contributed by atoms with E-state index < -0.39 is 47.3 Å². The minimum absolute atomic E-state index is 0.0941. The van der Waals surface area contributed by atoms with Crippen molar-refractivity contribution in [3.8, 4) is 0 Å².